The number of anilines is 1. The lowest BCUT2D eigenvalue weighted by atomic mass is 10.1. The average Bonchev–Trinajstić information content (AvgIpc) is 3.20. The molecule has 29 heavy (non-hydrogen) atoms. The maximum Gasteiger partial charge on any atom is 0.256 e. The number of hydrogen-bond donors (Lipinski definition) is 1. The van der Waals surface area contributed by atoms with Crippen LogP contribution in [0.4, 0.5) is 5.82 Å². The van der Waals surface area contributed by atoms with E-state index in [1.807, 2.05) is 0 Å². The minimum absolute atomic E-state index is 0.211. The lowest BCUT2D eigenvalue weighted by Gasteiger charge is -2.10. The van der Waals surface area contributed by atoms with E-state index >= 15 is 0 Å². The zero-order valence-corrected chi connectivity index (χ0v) is 16.8. The van der Waals surface area contributed by atoms with Crippen LogP contribution in [0.3, 0.4) is 0 Å². The normalized spacial score (nSPS) is 10.7. The second kappa shape index (κ2) is 9.09. The topological polar surface area (TPSA) is 95.7 Å². The van der Waals surface area contributed by atoms with Gasteiger partial charge in [0, 0.05) is 11.1 Å². The number of nitrogens with zero attached hydrogens (tertiary/aromatic N) is 2. The molecule has 0 unspecified atom stereocenters. The molecule has 8 nitrogen and oxygen atoms in total. The number of amides is 1. The van der Waals surface area contributed by atoms with Gasteiger partial charge in [0.1, 0.15) is 5.75 Å². The highest BCUT2D eigenvalue weighted by Crippen LogP contribution is 2.34. The summed E-state index contributed by atoms with van der Waals surface area (Å²) in [6.45, 7) is 4.76. The second-order valence-electron chi connectivity index (χ2n) is 6.71. The molecule has 0 radical (unpaired) electrons. The molecule has 1 amide bonds. The van der Waals surface area contributed by atoms with Crippen LogP contribution in [0.1, 0.15) is 24.2 Å². The first-order valence-corrected chi connectivity index (χ1v) is 9.11. The van der Waals surface area contributed by atoms with Gasteiger partial charge in [-0.05, 0) is 58.7 Å². The Balaban J connectivity index is 1.75. The first-order chi connectivity index (χ1) is 14.0. The predicted molar refractivity (Wildman–Crippen MR) is 108 cm³/mol. The Morgan fingerprint density at radius 2 is 1.76 bits per heavy atom. The van der Waals surface area contributed by atoms with Crippen LogP contribution in [-0.4, -0.2) is 37.0 Å². The zero-order valence-electron chi connectivity index (χ0n) is 16.8. The van der Waals surface area contributed by atoms with Crippen molar-refractivity contribution in [3.8, 4) is 28.5 Å². The zero-order chi connectivity index (χ0) is 20.8. The summed E-state index contributed by atoms with van der Waals surface area (Å²) in [5.74, 6) is 2.12. The van der Waals surface area contributed by atoms with Gasteiger partial charge in [-0.25, -0.2) is 4.63 Å². The minimum atomic E-state index is -0.335. The molecule has 0 aliphatic rings. The fraction of sp³-hybridized carbons (Fsp3) is 0.286. The SMILES string of the molecule is COc1ccc(-c2nonc2NC(=O)c2ccc(OCC(C)C)cc2)cc1OC. The maximum absolute atomic E-state index is 12.6. The van der Waals surface area contributed by atoms with Crippen LogP contribution in [0.5, 0.6) is 17.2 Å². The van der Waals surface area contributed by atoms with E-state index in [9.17, 15) is 4.79 Å². The Morgan fingerprint density at radius 1 is 1.03 bits per heavy atom. The molecule has 1 N–H and O–H groups in total. The van der Waals surface area contributed by atoms with E-state index in [0.717, 1.165) is 0 Å². The van der Waals surface area contributed by atoms with Gasteiger partial charge >= 0.3 is 0 Å². The third kappa shape index (κ3) is 4.84. The molecule has 2 aromatic carbocycles. The number of carbonyl (C=O) groups excluding carboxylic acids is 1. The van der Waals surface area contributed by atoms with Crippen molar-refractivity contribution in [2.45, 2.75) is 13.8 Å². The Kier molecular flexibility index (Phi) is 6.33. The number of aromatic nitrogens is 2. The average molecular weight is 397 g/mol. The largest absolute Gasteiger partial charge is 0.493 e. The summed E-state index contributed by atoms with van der Waals surface area (Å²) in [5.41, 5.74) is 1.51. The molecular formula is C21H23N3O5. The molecule has 3 aromatic rings. The fourth-order valence-electron chi connectivity index (χ4n) is 2.59. The molecule has 0 fully saturated rings. The fourth-order valence-corrected chi connectivity index (χ4v) is 2.59. The minimum Gasteiger partial charge on any atom is -0.493 e. The summed E-state index contributed by atoms with van der Waals surface area (Å²) in [7, 11) is 3.10. The van der Waals surface area contributed by atoms with Gasteiger partial charge in [-0.15, -0.1) is 0 Å². The van der Waals surface area contributed by atoms with Gasteiger partial charge in [0.25, 0.3) is 5.91 Å². The highest BCUT2D eigenvalue weighted by molar-refractivity contribution is 6.05. The van der Waals surface area contributed by atoms with E-state index < -0.39 is 0 Å². The van der Waals surface area contributed by atoms with E-state index in [-0.39, 0.29) is 11.7 Å². The van der Waals surface area contributed by atoms with Gasteiger partial charge in [-0.3, -0.25) is 4.79 Å². The summed E-state index contributed by atoms with van der Waals surface area (Å²) in [6, 6.07) is 12.1. The molecular weight excluding hydrogens is 374 g/mol. The summed E-state index contributed by atoms with van der Waals surface area (Å²) < 4.78 is 21.0. The molecule has 0 bridgehead atoms. The Labute approximate surface area is 168 Å². The molecule has 3 rings (SSSR count). The number of benzene rings is 2. The van der Waals surface area contributed by atoms with Gasteiger partial charge in [0.15, 0.2) is 17.2 Å². The van der Waals surface area contributed by atoms with Crippen molar-refractivity contribution in [2.24, 2.45) is 5.92 Å². The third-order valence-corrected chi connectivity index (χ3v) is 4.08. The molecule has 0 atom stereocenters. The highest BCUT2D eigenvalue weighted by atomic mass is 16.6. The molecule has 1 aromatic heterocycles. The summed E-state index contributed by atoms with van der Waals surface area (Å²) in [6.07, 6.45) is 0. The van der Waals surface area contributed by atoms with E-state index in [1.165, 1.54) is 0 Å². The number of nitrogens with one attached hydrogen (secondary N) is 1. The van der Waals surface area contributed by atoms with Crippen molar-refractivity contribution >= 4 is 11.7 Å². The molecule has 0 saturated heterocycles. The number of carbonyl (C=O) groups is 1. The molecule has 152 valence electrons. The number of rotatable bonds is 8. The van der Waals surface area contributed by atoms with Crippen molar-refractivity contribution in [2.75, 3.05) is 26.1 Å². The summed E-state index contributed by atoms with van der Waals surface area (Å²) >= 11 is 0. The molecule has 0 saturated carbocycles. The molecule has 8 heteroatoms. The van der Waals surface area contributed by atoms with Gasteiger partial charge in [-0.1, -0.05) is 13.8 Å². The summed E-state index contributed by atoms with van der Waals surface area (Å²) in [4.78, 5) is 12.6. The van der Waals surface area contributed by atoms with Gasteiger partial charge in [0.05, 0.1) is 20.8 Å². The number of ether oxygens (including phenoxy) is 3. The van der Waals surface area contributed by atoms with Crippen LogP contribution in [0.2, 0.25) is 0 Å². The molecule has 0 aliphatic heterocycles. The lowest BCUT2D eigenvalue weighted by molar-refractivity contribution is 0.102. The first kappa shape index (κ1) is 20.2. The van der Waals surface area contributed by atoms with Crippen molar-refractivity contribution in [1.29, 1.82) is 0 Å². The van der Waals surface area contributed by atoms with Gasteiger partial charge < -0.3 is 19.5 Å². The van der Waals surface area contributed by atoms with Crippen LogP contribution < -0.4 is 19.5 Å². The van der Waals surface area contributed by atoms with Crippen molar-refractivity contribution in [3.05, 3.63) is 48.0 Å². The predicted octanol–water partition coefficient (Wildman–Crippen LogP) is 4.04. The van der Waals surface area contributed by atoms with E-state index in [2.05, 4.69) is 29.5 Å². The monoisotopic (exact) mass is 397 g/mol. The van der Waals surface area contributed by atoms with Crippen LogP contribution in [0, 0.1) is 5.92 Å². The van der Waals surface area contributed by atoms with Crippen molar-refractivity contribution in [1.82, 2.24) is 10.3 Å². The van der Waals surface area contributed by atoms with Crippen LogP contribution in [0.15, 0.2) is 47.1 Å². The summed E-state index contributed by atoms with van der Waals surface area (Å²) in [5, 5.41) is 10.4. The number of hydrogen-bond acceptors (Lipinski definition) is 7. The van der Waals surface area contributed by atoms with Crippen LogP contribution in [0.25, 0.3) is 11.3 Å². The standard InChI is InChI=1S/C21H23N3O5/c1-13(2)12-28-16-8-5-14(6-9-16)21(25)22-20-19(23-29-24-20)15-7-10-17(26-3)18(11-15)27-4/h5-11,13H,12H2,1-4H3,(H,22,24,25). The third-order valence-electron chi connectivity index (χ3n) is 4.08. The maximum atomic E-state index is 12.6. The Hall–Kier alpha value is -3.55. The van der Waals surface area contributed by atoms with E-state index in [0.29, 0.717) is 46.6 Å². The quantitative estimate of drug-likeness (QED) is 0.613. The van der Waals surface area contributed by atoms with E-state index in [4.69, 9.17) is 18.8 Å². The Morgan fingerprint density at radius 3 is 2.41 bits per heavy atom. The molecule has 0 spiro atoms. The first-order valence-electron chi connectivity index (χ1n) is 9.11. The smallest absolute Gasteiger partial charge is 0.256 e. The van der Waals surface area contributed by atoms with Crippen LogP contribution >= 0.6 is 0 Å². The van der Waals surface area contributed by atoms with Crippen molar-refractivity contribution < 1.29 is 23.6 Å². The lowest BCUT2D eigenvalue weighted by Crippen LogP contribution is -2.13. The van der Waals surface area contributed by atoms with Crippen LogP contribution in [-0.2, 0) is 0 Å². The van der Waals surface area contributed by atoms with E-state index in [1.54, 1.807) is 56.7 Å². The van der Waals surface area contributed by atoms with Gasteiger partial charge in [-0.2, -0.15) is 0 Å². The Bertz CT molecular complexity index is 967. The second-order valence-corrected chi connectivity index (χ2v) is 6.71. The molecule has 0 aliphatic carbocycles. The van der Waals surface area contributed by atoms with Crippen molar-refractivity contribution in [3.63, 3.8) is 0 Å². The highest BCUT2D eigenvalue weighted by Gasteiger charge is 2.18. The number of methoxy groups -OCH3 is 2. The van der Waals surface area contributed by atoms with Gasteiger partial charge in [0.2, 0.25) is 5.82 Å². The molecule has 1 heterocycles.